The Morgan fingerprint density at radius 3 is 2.13 bits per heavy atom. The molecule has 0 aliphatic rings. The van der Waals surface area contributed by atoms with Gasteiger partial charge in [-0.2, -0.15) is 13.2 Å². The van der Waals surface area contributed by atoms with Crippen molar-refractivity contribution in [3.05, 3.63) is 75.0 Å². The number of hydrogen-bond donors (Lipinski definition) is 2. The van der Waals surface area contributed by atoms with Gasteiger partial charge in [0.25, 0.3) is 5.91 Å². The molecule has 0 aliphatic carbocycles. The van der Waals surface area contributed by atoms with Crippen LogP contribution in [0.5, 0.6) is 5.75 Å². The summed E-state index contributed by atoms with van der Waals surface area (Å²) in [6.45, 7) is 7.48. The van der Waals surface area contributed by atoms with E-state index in [0.29, 0.717) is 16.2 Å². The lowest BCUT2D eigenvalue weighted by Gasteiger charge is -2.23. The van der Waals surface area contributed by atoms with Crippen LogP contribution >= 0.6 is 23.7 Å². The van der Waals surface area contributed by atoms with Crippen LogP contribution in [0, 0.1) is 19.8 Å². The first-order chi connectivity index (χ1) is 17.8. The van der Waals surface area contributed by atoms with E-state index in [2.05, 4.69) is 10.1 Å². The molecule has 2 unspecified atom stereocenters. The number of alkyl halides is 3. The number of rotatable bonds is 9. The Kier molecular flexibility index (Phi) is 11.0. The topological polar surface area (TPSA) is 84.9 Å². The number of benzene rings is 2. The zero-order valence-electron chi connectivity index (χ0n) is 22.1. The Balaban J connectivity index is 0.00000533. The summed E-state index contributed by atoms with van der Waals surface area (Å²) in [6, 6.07) is 12.3. The number of carbonyl (C=O) groups is 2. The molecule has 0 radical (unpaired) electrons. The van der Waals surface area contributed by atoms with Crippen molar-refractivity contribution in [3.8, 4) is 16.9 Å². The molecule has 3 aromatic rings. The highest BCUT2D eigenvalue weighted by Gasteiger charge is 2.30. The summed E-state index contributed by atoms with van der Waals surface area (Å²) in [5.74, 6) is -0.601. The van der Waals surface area contributed by atoms with Gasteiger partial charge >= 0.3 is 12.1 Å². The number of aliphatic hydroxyl groups excluding tert-OH is 1. The smallest absolute Gasteiger partial charge is 0.416 e. The van der Waals surface area contributed by atoms with E-state index in [1.807, 2.05) is 39.8 Å². The van der Waals surface area contributed by atoms with Gasteiger partial charge in [0.1, 0.15) is 11.9 Å². The number of thiophene rings is 1. The highest BCUT2D eigenvalue weighted by atomic mass is 35.5. The number of hydrogen-bond acceptors (Lipinski definition) is 6. The number of halogens is 4. The maximum atomic E-state index is 13.0. The first-order valence-corrected chi connectivity index (χ1v) is 12.7. The van der Waals surface area contributed by atoms with E-state index >= 15 is 0 Å². The molecule has 1 amide bonds. The zero-order valence-corrected chi connectivity index (χ0v) is 23.7. The number of ether oxygens (including phenoxy) is 2. The van der Waals surface area contributed by atoms with Gasteiger partial charge in [-0.15, -0.1) is 23.7 Å². The predicted molar refractivity (Wildman–Crippen MR) is 146 cm³/mol. The summed E-state index contributed by atoms with van der Waals surface area (Å²) in [5, 5.41) is 12.2. The van der Waals surface area contributed by atoms with Crippen LogP contribution in [0.25, 0.3) is 11.1 Å². The average molecular weight is 586 g/mol. The Labute approximate surface area is 235 Å². The molecule has 0 bridgehead atoms. The van der Waals surface area contributed by atoms with Gasteiger partial charge in [0.15, 0.2) is 6.10 Å². The lowest BCUT2D eigenvalue weighted by Crippen LogP contribution is -2.36. The molecule has 0 saturated heterocycles. The monoisotopic (exact) mass is 585 g/mol. The van der Waals surface area contributed by atoms with Crippen molar-refractivity contribution in [1.29, 1.82) is 0 Å². The molecule has 3 rings (SSSR count). The standard InChI is InChI=1S/C28H30F3NO5S.ClH/c1-15(2)25(22-10-11-23(38-22)26(34)32-14-21(33)27(35)36-5)37-20-12-16(3)24(17(4)13-20)18-6-8-19(9-7-18)28(29,30)31;/h6-13,15,21,25,33H,14H2,1-5H3,(H,32,34);1H. The number of methoxy groups -OCH3 is 1. The summed E-state index contributed by atoms with van der Waals surface area (Å²) in [6.07, 6.45) is -6.20. The van der Waals surface area contributed by atoms with E-state index in [9.17, 15) is 27.9 Å². The van der Waals surface area contributed by atoms with E-state index in [-0.39, 0.29) is 31.0 Å². The predicted octanol–water partition coefficient (Wildman–Crippen LogP) is 6.51. The number of carbonyl (C=O) groups excluding carboxylic acids is 2. The second-order valence-electron chi connectivity index (χ2n) is 9.24. The largest absolute Gasteiger partial charge is 0.485 e. The molecule has 2 atom stereocenters. The maximum absolute atomic E-state index is 13.0. The molecule has 6 nitrogen and oxygen atoms in total. The fourth-order valence-electron chi connectivity index (χ4n) is 4.07. The molecule has 1 aromatic heterocycles. The average Bonchev–Trinajstić information content (AvgIpc) is 3.34. The van der Waals surface area contributed by atoms with Crippen LogP contribution in [-0.4, -0.2) is 36.7 Å². The van der Waals surface area contributed by atoms with Gasteiger partial charge < -0.3 is 19.9 Å². The molecular weight excluding hydrogens is 555 g/mol. The van der Waals surface area contributed by atoms with Crippen LogP contribution < -0.4 is 10.1 Å². The third-order valence-electron chi connectivity index (χ3n) is 5.94. The number of esters is 1. The maximum Gasteiger partial charge on any atom is 0.416 e. The quantitative estimate of drug-likeness (QED) is 0.280. The first kappa shape index (κ1) is 32.1. The van der Waals surface area contributed by atoms with Crippen molar-refractivity contribution in [1.82, 2.24) is 5.32 Å². The molecule has 2 aromatic carbocycles. The van der Waals surface area contributed by atoms with Crippen molar-refractivity contribution < 1.29 is 37.3 Å². The molecule has 39 heavy (non-hydrogen) atoms. The first-order valence-electron chi connectivity index (χ1n) is 11.9. The van der Waals surface area contributed by atoms with Crippen LogP contribution in [0.4, 0.5) is 13.2 Å². The number of aliphatic hydroxyl groups is 1. The lowest BCUT2D eigenvalue weighted by molar-refractivity contribution is -0.149. The molecule has 0 aliphatic heterocycles. The minimum atomic E-state index is -4.39. The van der Waals surface area contributed by atoms with Crippen molar-refractivity contribution in [2.24, 2.45) is 5.92 Å². The Morgan fingerprint density at radius 2 is 1.62 bits per heavy atom. The fraction of sp³-hybridized carbons (Fsp3) is 0.357. The van der Waals surface area contributed by atoms with E-state index in [1.54, 1.807) is 12.1 Å². The van der Waals surface area contributed by atoms with Gasteiger partial charge in [0, 0.05) is 4.88 Å². The van der Waals surface area contributed by atoms with Crippen molar-refractivity contribution in [2.75, 3.05) is 13.7 Å². The minimum Gasteiger partial charge on any atom is -0.485 e. The molecule has 11 heteroatoms. The van der Waals surface area contributed by atoms with Crippen LogP contribution in [-0.2, 0) is 15.7 Å². The number of amides is 1. The molecule has 2 N–H and O–H groups in total. The Morgan fingerprint density at radius 1 is 1.03 bits per heavy atom. The zero-order chi connectivity index (χ0) is 28.2. The summed E-state index contributed by atoms with van der Waals surface area (Å²) >= 11 is 1.25. The second-order valence-corrected chi connectivity index (χ2v) is 10.4. The van der Waals surface area contributed by atoms with Crippen LogP contribution in [0.15, 0.2) is 48.5 Å². The van der Waals surface area contributed by atoms with Gasteiger partial charge in [0.2, 0.25) is 0 Å². The highest BCUT2D eigenvalue weighted by molar-refractivity contribution is 7.14. The van der Waals surface area contributed by atoms with Gasteiger partial charge in [-0.25, -0.2) is 4.79 Å². The molecular formula is C28H31ClF3NO5S. The van der Waals surface area contributed by atoms with Gasteiger partial charge in [-0.3, -0.25) is 4.79 Å². The van der Waals surface area contributed by atoms with Crippen molar-refractivity contribution >= 4 is 35.6 Å². The fourth-order valence-corrected chi connectivity index (χ4v) is 5.19. The summed E-state index contributed by atoms with van der Waals surface area (Å²) in [4.78, 5) is 25.0. The molecule has 212 valence electrons. The van der Waals surface area contributed by atoms with Gasteiger partial charge in [-0.1, -0.05) is 26.0 Å². The highest BCUT2D eigenvalue weighted by Crippen LogP contribution is 2.37. The van der Waals surface area contributed by atoms with E-state index in [4.69, 9.17) is 4.74 Å². The molecule has 0 spiro atoms. The number of nitrogens with one attached hydrogen (secondary N) is 1. The summed E-state index contributed by atoms with van der Waals surface area (Å²) < 4.78 is 49.6. The van der Waals surface area contributed by atoms with Crippen LogP contribution in [0.1, 0.15) is 51.2 Å². The second kappa shape index (κ2) is 13.3. The summed E-state index contributed by atoms with van der Waals surface area (Å²) in [7, 11) is 1.15. The van der Waals surface area contributed by atoms with Crippen LogP contribution in [0.3, 0.4) is 0 Å². The third-order valence-corrected chi connectivity index (χ3v) is 7.08. The van der Waals surface area contributed by atoms with E-state index < -0.39 is 29.7 Å². The third kappa shape index (κ3) is 7.97. The lowest BCUT2D eigenvalue weighted by atomic mass is 9.94. The molecule has 0 saturated carbocycles. The SMILES string of the molecule is COC(=O)C(O)CNC(=O)c1ccc(C(Oc2cc(C)c(-c3ccc(C(F)(F)F)cc3)c(C)c2)C(C)C)s1.Cl. The Bertz CT molecular complexity index is 1270. The van der Waals surface area contributed by atoms with Crippen molar-refractivity contribution in [2.45, 2.75) is 46.1 Å². The van der Waals surface area contributed by atoms with Crippen molar-refractivity contribution in [3.63, 3.8) is 0 Å². The van der Waals surface area contributed by atoms with Gasteiger partial charge in [0.05, 0.1) is 24.1 Å². The van der Waals surface area contributed by atoms with E-state index in [1.165, 1.54) is 23.5 Å². The Hall–Kier alpha value is -3.08. The number of aryl methyl sites for hydroxylation is 2. The van der Waals surface area contributed by atoms with Crippen LogP contribution in [0.2, 0.25) is 0 Å². The summed E-state index contributed by atoms with van der Waals surface area (Å²) in [5.41, 5.74) is 2.55. The molecule has 1 heterocycles. The van der Waals surface area contributed by atoms with E-state index in [0.717, 1.165) is 40.8 Å². The molecule has 0 fully saturated rings. The van der Waals surface area contributed by atoms with Gasteiger partial charge in [-0.05, 0) is 78.4 Å². The minimum absolute atomic E-state index is 0. The normalized spacial score (nSPS) is 12.9.